The van der Waals surface area contributed by atoms with Crippen LogP contribution < -0.4 is 0 Å². The lowest BCUT2D eigenvalue weighted by atomic mass is 10.1. The van der Waals surface area contributed by atoms with Gasteiger partial charge in [-0.05, 0) is 26.7 Å². The molecular formula is C10H19NO3. The third-order valence-electron chi connectivity index (χ3n) is 2.28. The smallest absolute Gasteiger partial charge is 0.320 e. The Morgan fingerprint density at radius 1 is 1.50 bits per heavy atom. The molecule has 1 aliphatic rings. The van der Waals surface area contributed by atoms with Crippen LogP contribution in [0.2, 0.25) is 0 Å². The molecule has 4 heteroatoms. The van der Waals surface area contributed by atoms with E-state index in [0.29, 0.717) is 6.54 Å². The molecule has 0 saturated carbocycles. The topological polar surface area (TPSA) is 49.8 Å². The van der Waals surface area contributed by atoms with Crippen molar-refractivity contribution in [1.29, 1.82) is 0 Å². The van der Waals surface area contributed by atoms with E-state index in [1.165, 1.54) is 0 Å². The molecule has 1 fully saturated rings. The van der Waals surface area contributed by atoms with Crippen LogP contribution in [0, 0.1) is 0 Å². The zero-order valence-corrected chi connectivity index (χ0v) is 8.90. The fourth-order valence-corrected chi connectivity index (χ4v) is 1.56. The standard InChI is InChI=1S/C10H19NO3/c1-8(2)14-10(13)7-11-5-3-9(12)4-6-11/h8-9,12H,3-7H2,1-2H3. The molecule has 0 aromatic rings. The van der Waals surface area contributed by atoms with E-state index in [1.807, 2.05) is 18.7 Å². The van der Waals surface area contributed by atoms with Gasteiger partial charge in [0, 0.05) is 13.1 Å². The Kier molecular flexibility index (Phi) is 4.35. The Morgan fingerprint density at radius 3 is 2.57 bits per heavy atom. The molecule has 0 bridgehead atoms. The van der Waals surface area contributed by atoms with Crippen LogP contribution in [-0.2, 0) is 9.53 Å². The molecule has 0 aliphatic carbocycles. The Hall–Kier alpha value is -0.610. The number of aliphatic hydroxyl groups excluding tert-OH is 1. The number of hydrogen-bond donors (Lipinski definition) is 1. The van der Waals surface area contributed by atoms with Crippen molar-refractivity contribution in [2.24, 2.45) is 0 Å². The fraction of sp³-hybridized carbons (Fsp3) is 0.900. The highest BCUT2D eigenvalue weighted by molar-refractivity contribution is 5.71. The highest BCUT2D eigenvalue weighted by Gasteiger charge is 2.19. The van der Waals surface area contributed by atoms with Crippen molar-refractivity contribution >= 4 is 5.97 Å². The molecule has 1 N–H and O–H groups in total. The maximum absolute atomic E-state index is 11.3. The van der Waals surface area contributed by atoms with Crippen molar-refractivity contribution in [3.05, 3.63) is 0 Å². The summed E-state index contributed by atoms with van der Waals surface area (Å²) in [6.45, 7) is 5.61. The summed E-state index contributed by atoms with van der Waals surface area (Å²) in [5, 5.41) is 9.26. The Bertz CT molecular complexity index is 186. The summed E-state index contributed by atoms with van der Waals surface area (Å²) in [6, 6.07) is 0. The lowest BCUT2D eigenvalue weighted by molar-refractivity contribution is -0.149. The van der Waals surface area contributed by atoms with Gasteiger partial charge in [-0.15, -0.1) is 0 Å². The van der Waals surface area contributed by atoms with Gasteiger partial charge in [0.2, 0.25) is 0 Å². The number of piperidine rings is 1. The van der Waals surface area contributed by atoms with Crippen LogP contribution in [0.25, 0.3) is 0 Å². The molecule has 1 heterocycles. The number of carbonyl (C=O) groups is 1. The van der Waals surface area contributed by atoms with Crippen LogP contribution in [0.3, 0.4) is 0 Å². The van der Waals surface area contributed by atoms with Crippen LogP contribution in [0.4, 0.5) is 0 Å². The summed E-state index contributed by atoms with van der Waals surface area (Å²) in [7, 11) is 0. The van der Waals surface area contributed by atoms with Gasteiger partial charge in [0.25, 0.3) is 0 Å². The molecule has 1 aliphatic heterocycles. The minimum absolute atomic E-state index is 0.0436. The van der Waals surface area contributed by atoms with Crippen LogP contribution in [-0.4, -0.2) is 47.8 Å². The summed E-state index contributed by atoms with van der Waals surface area (Å²) in [5.41, 5.74) is 0. The maximum atomic E-state index is 11.3. The SMILES string of the molecule is CC(C)OC(=O)CN1CCC(O)CC1. The minimum atomic E-state index is -0.188. The molecule has 0 radical (unpaired) electrons. The molecule has 0 spiro atoms. The van der Waals surface area contributed by atoms with Crippen molar-refractivity contribution in [3.8, 4) is 0 Å². The monoisotopic (exact) mass is 201 g/mol. The van der Waals surface area contributed by atoms with Crippen molar-refractivity contribution in [1.82, 2.24) is 4.90 Å². The molecule has 0 unspecified atom stereocenters. The van der Waals surface area contributed by atoms with Gasteiger partial charge in [0.15, 0.2) is 0 Å². The molecular weight excluding hydrogens is 182 g/mol. The Labute approximate surface area is 84.8 Å². The van der Waals surface area contributed by atoms with Crippen molar-refractivity contribution in [3.63, 3.8) is 0 Å². The first-order chi connectivity index (χ1) is 6.58. The fourth-order valence-electron chi connectivity index (χ4n) is 1.56. The van der Waals surface area contributed by atoms with E-state index >= 15 is 0 Å². The molecule has 1 saturated heterocycles. The van der Waals surface area contributed by atoms with Crippen LogP contribution in [0.15, 0.2) is 0 Å². The number of likely N-dealkylation sites (tertiary alicyclic amines) is 1. The van der Waals surface area contributed by atoms with E-state index in [9.17, 15) is 9.90 Å². The average Bonchev–Trinajstić information content (AvgIpc) is 2.07. The van der Waals surface area contributed by atoms with Gasteiger partial charge in [0.1, 0.15) is 0 Å². The summed E-state index contributed by atoms with van der Waals surface area (Å²) in [4.78, 5) is 13.3. The quantitative estimate of drug-likeness (QED) is 0.671. The molecule has 82 valence electrons. The van der Waals surface area contributed by atoms with E-state index in [-0.39, 0.29) is 18.2 Å². The van der Waals surface area contributed by atoms with Gasteiger partial charge in [-0.25, -0.2) is 0 Å². The average molecular weight is 201 g/mol. The summed E-state index contributed by atoms with van der Waals surface area (Å²) >= 11 is 0. The van der Waals surface area contributed by atoms with Gasteiger partial charge in [-0.1, -0.05) is 0 Å². The van der Waals surface area contributed by atoms with E-state index in [4.69, 9.17) is 4.74 Å². The first-order valence-corrected chi connectivity index (χ1v) is 5.18. The largest absolute Gasteiger partial charge is 0.462 e. The zero-order valence-electron chi connectivity index (χ0n) is 8.90. The van der Waals surface area contributed by atoms with Crippen LogP contribution in [0.5, 0.6) is 0 Å². The molecule has 0 aromatic carbocycles. The predicted octanol–water partition coefficient (Wildman–Crippen LogP) is 0.395. The zero-order chi connectivity index (χ0) is 10.6. The summed E-state index contributed by atoms with van der Waals surface area (Å²) in [6.07, 6.45) is 1.29. The Morgan fingerprint density at radius 2 is 2.07 bits per heavy atom. The number of carbonyl (C=O) groups excluding carboxylic acids is 1. The predicted molar refractivity (Wildman–Crippen MR) is 52.9 cm³/mol. The Balaban J connectivity index is 2.20. The lowest BCUT2D eigenvalue weighted by Gasteiger charge is -2.28. The first kappa shape index (κ1) is 11.5. The number of nitrogens with zero attached hydrogens (tertiary/aromatic N) is 1. The number of aliphatic hydroxyl groups is 1. The van der Waals surface area contributed by atoms with Gasteiger partial charge < -0.3 is 9.84 Å². The lowest BCUT2D eigenvalue weighted by Crippen LogP contribution is -2.39. The van der Waals surface area contributed by atoms with E-state index in [2.05, 4.69) is 0 Å². The molecule has 1 rings (SSSR count). The number of ether oxygens (including phenoxy) is 1. The van der Waals surface area contributed by atoms with Gasteiger partial charge in [-0.3, -0.25) is 9.69 Å². The summed E-state index contributed by atoms with van der Waals surface area (Å²) in [5.74, 6) is -0.170. The summed E-state index contributed by atoms with van der Waals surface area (Å²) < 4.78 is 5.04. The van der Waals surface area contributed by atoms with Crippen molar-refractivity contribution in [2.75, 3.05) is 19.6 Å². The van der Waals surface area contributed by atoms with Crippen molar-refractivity contribution < 1.29 is 14.6 Å². The third-order valence-corrected chi connectivity index (χ3v) is 2.28. The molecule has 14 heavy (non-hydrogen) atoms. The highest BCUT2D eigenvalue weighted by atomic mass is 16.5. The molecule has 0 atom stereocenters. The van der Waals surface area contributed by atoms with E-state index in [0.717, 1.165) is 25.9 Å². The molecule has 0 amide bonds. The second kappa shape index (κ2) is 5.32. The van der Waals surface area contributed by atoms with E-state index < -0.39 is 0 Å². The van der Waals surface area contributed by atoms with E-state index in [1.54, 1.807) is 0 Å². The van der Waals surface area contributed by atoms with Gasteiger partial charge in [0.05, 0.1) is 18.8 Å². The highest BCUT2D eigenvalue weighted by Crippen LogP contribution is 2.09. The maximum Gasteiger partial charge on any atom is 0.320 e. The minimum Gasteiger partial charge on any atom is -0.462 e. The first-order valence-electron chi connectivity index (χ1n) is 5.18. The number of rotatable bonds is 3. The van der Waals surface area contributed by atoms with Crippen LogP contribution >= 0.6 is 0 Å². The van der Waals surface area contributed by atoms with Gasteiger partial charge >= 0.3 is 5.97 Å². The van der Waals surface area contributed by atoms with Gasteiger partial charge in [-0.2, -0.15) is 0 Å². The van der Waals surface area contributed by atoms with Crippen molar-refractivity contribution in [2.45, 2.75) is 38.9 Å². The second-order valence-corrected chi connectivity index (χ2v) is 4.05. The third kappa shape index (κ3) is 4.07. The normalized spacial score (nSPS) is 20.0. The molecule has 4 nitrogen and oxygen atoms in total. The van der Waals surface area contributed by atoms with Crippen LogP contribution in [0.1, 0.15) is 26.7 Å². The molecule has 0 aromatic heterocycles. The number of hydrogen-bond acceptors (Lipinski definition) is 4. The number of esters is 1. The second-order valence-electron chi connectivity index (χ2n) is 4.05.